The van der Waals surface area contributed by atoms with Gasteiger partial charge in [-0.25, -0.2) is 0 Å². The minimum Gasteiger partial charge on any atom is -0.388 e. The summed E-state index contributed by atoms with van der Waals surface area (Å²) in [4.78, 5) is 14.2. The van der Waals surface area contributed by atoms with Crippen LogP contribution in [0.4, 0.5) is 0 Å². The highest BCUT2D eigenvalue weighted by atomic mass is 16.5. The zero-order chi connectivity index (χ0) is 16.1. The number of amides is 1. The Hall–Kier alpha value is -1.40. The van der Waals surface area contributed by atoms with E-state index in [1.54, 1.807) is 29.8 Å². The van der Waals surface area contributed by atoms with Crippen molar-refractivity contribution < 1.29 is 14.6 Å². The summed E-state index contributed by atoms with van der Waals surface area (Å²) in [6, 6.07) is 1.52. The lowest BCUT2D eigenvalue weighted by molar-refractivity contribution is -0.0463. The number of carbonyl (C=O) groups is 1. The van der Waals surface area contributed by atoms with Gasteiger partial charge in [-0.3, -0.25) is 9.48 Å². The van der Waals surface area contributed by atoms with E-state index < -0.39 is 6.10 Å². The molecule has 124 valence electrons. The summed E-state index contributed by atoms with van der Waals surface area (Å²) in [5.74, 6) is -0.143. The molecule has 1 aromatic rings. The van der Waals surface area contributed by atoms with Crippen molar-refractivity contribution in [2.75, 3.05) is 14.2 Å². The molecule has 6 heteroatoms. The summed E-state index contributed by atoms with van der Waals surface area (Å²) in [7, 11) is 3.36. The predicted octanol–water partition coefficient (Wildman–Crippen LogP) is 1.68. The quantitative estimate of drug-likeness (QED) is 0.840. The monoisotopic (exact) mass is 309 g/mol. The SMILES string of the molecule is CCCn1ccc(C(=O)N(C)[C@@H]2CCCC[C@@H](OC)[C@@H]2O)n1. The van der Waals surface area contributed by atoms with Crippen LogP contribution in [0.15, 0.2) is 12.3 Å². The number of nitrogens with zero attached hydrogens (tertiary/aromatic N) is 3. The number of likely N-dealkylation sites (N-methyl/N-ethyl adjacent to an activating group) is 1. The summed E-state index contributed by atoms with van der Waals surface area (Å²) in [5, 5.41) is 14.8. The lowest BCUT2D eigenvalue weighted by Gasteiger charge is -2.33. The van der Waals surface area contributed by atoms with E-state index >= 15 is 0 Å². The molecule has 0 unspecified atom stereocenters. The Morgan fingerprint density at radius 2 is 2.23 bits per heavy atom. The van der Waals surface area contributed by atoms with Crippen LogP contribution < -0.4 is 0 Å². The van der Waals surface area contributed by atoms with Gasteiger partial charge in [-0.1, -0.05) is 19.8 Å². The molecule has 0 saturated heterocycles. The normalized spacial score (nSPS) is 25.7. The number of ether oxygens (including phenoxy) is 1. The van der Waals surface area contributed by atoms with Crippen molar-refractivity contribution in [3.05, 3.63) is 18.0 Å². The Balaban J connectivity index is 2.10. The lowest BCUT2D eigenvalue weighted by Crippen LogP contribution is -2.49. The lowest BCUT2D eigenvalue weighted by atomic mass is 10.0. The molecule has 0 aromatic carbocycles. The third kappa shape index (κ3) is 3.67. The van der Waals surface area contributed by atoms with Crippen LogP contribution >= 0.6 is 0 Å². The minimum absolute atomic E-state index is 0.143. The number of aryl methyl sites for hydroxylation is 1. The molecule has 0 bridgehead atoms. The van der Waals surface area contributed by atoms with Gasteiger partial charge in [0.2, 0.25) is 0 Å². The molecule has 3 atom stereocenters. The zero-order valence-electron chi connectivity index (χ0n) is 13.7. The molecule has 1 aliphatic rings. The van der Waals surface area contributed by atoms with Crippen molar-refractivity contribution in [3.8, 4) is 0 Å². The van der Waals surface area contributed by atoms with Gasteiger partial charge in [0, 0.05) is 26.9 Å². The molecule has 2 rings (SSSR count). The molecule has 1 saturated carbocycles. The molecular weight excluding hydrogens is 282 g/mol. The molecule has 1 fully saturated rings. The van der Waals surface area contributed by atoms with Crippen molar-refractivity contribution in [3.63, 3.8) is 0 Å². The molecule has 0 spiro atoms. The maximum absolute atomic E-state index is 12.6. The maximum atomic E-state index is 12.6. The predicted molar refractivity (Wildman–Crippen MR) is 83.7 cm³/mol. The van der Waals surface area contributed by atoms with Crippen LogP contribution in [0.25, 0.3) is 0 Å². The highest BCUT2D eigenvalue weighted by molar-refractivity contribution is 5.92. The number of rotatable bonds is 5. The highest BCUT2D eigenvalue weighted by Crippen LogP contribution is 2.24. The standard InChI is InChI=1S/C16H27N3O3/c1-4-10-19-11-9-12(17-19)16(21)18(2)13-7-5-6-8-14(22-3)15(13)20/h9,11,13-15,20H,4-8,10H2,1-3H3/t13-,14-,15-/m1/s1. The number of hydrogen-bond donors (Lipinski definition) is 1. The van der Waals surface area contributed by atoms with E-state index in [4.69, 9.17) is 4.74 Å². The Morgan fingerprint density at radius 3 is 2.91 bits per heavy atom. The Morgan fingerprint density at radius 1 is 1.50 bits per heavy atom. The van der Waals surface area contributed by atoms with Crippen LogP contribution in [-0.2, 0) is 11.3 Å². The Bertz CT molecular complexity index is 489. The largest absolute Gasteiger partial charge is 0.388 e. The van der Waals surface area contributed by atoms with E-state index in [0.29, 0.717) is 5.69 Å². The van der Waals surface area contributed by atoms with E-state index in [2.05, 4.69) is 12.0 Å². The van der Waals surface area contributed by atoms with Crippen LogP contribution in [0.5, 0.6) is 0 Å². The van der Waals surface area contributed by atoms with Gasteiger partial charge in [-0.2, -0.15) is 5.10 Å². The van der Waals surface area contributed by atoms with E-state index in [1.807, 2.05) is 6.20 Å². The van der Waals surface area contributed by atoms with E-state index in [0.717, 1.165) is 38.6 Å². The number of carbonyl (C=O) groups excluding carboxylic acids is 1. The summed E-state index contributed by atoms with van der Waals surface area (Å²) < 4.78 is 7.16. The average molecular weight is 309 g/mol. The first kappa shape index (κ1) is 17.0. The molecule has 0 aliphatic heterocycles. The molecule has 1 N–H and O–H groups in total. The number of methoxy groups -OCH3 is 1. The summed E-state index contributed by atoms with van der Waals surface area (Å²) in [6.45, 7) is 2.87. The van der Waals surface area contributed by atoms with Crippen molar-refractivity contribution in [1.29, 1.82) is 0 Å². The fourth-order valence-electron chi connectivity index (χ4n) is 3.13. The molecule has 6 nitrogen and oxygen atoms in total. The molecule has 1 amide bonds. The maximum Gasteiger partial charge on any atom is 0.274 e. The Labute approximate surface area is 132 Å². The molecule has 1 heterocycles. The first-order valence-corrected chi connectivity index (χ1v) is 8.10. The van der Waals surface area contributed by atoms with Crippen molar-refractivity contribution >= 4 is 5.91 Å². The summed E-state index contributed by atoms with van der Waals surface area (Å²) in [5.41, 5.74) is 0.432. The van der Waals surface area contributed by atoms with Gasteiger partial charge in [0.15, 0.2) is 0 Å². The van der Waals surface area contributed by atoms with E-state index in [9.17, 15) is 9.90 Å². The molecule has 1 aliphatic carbocycles. The third-order valence-electron chi connectivity index (χ3n) is 4.45. The van der Waals surface area contributed by atoms with E-state index in [1.165, 1.54) is 0 Å². The summed E-state index contributed by atoms with van der Waals surface area (Å²) in [6.07, 6.45) is 5.57. The van der Waals surface area contributed by atoms with Crippen molar-refractivity contribution in [1.82, 2.24) is 14.7 Å². The first-order chi connectivity index (χ1) is 10.6. The van der Waals surface area contributed by atoms with E-state index in [-0.39, 0.29) is 18.1 Å². The van der Waals surface area contributed by atoms with Gasteiger partial charge >= 0.3 is 0 Å². The fraction of sp³-hybridized carbons (Fsp3) is 0.750. The van der Waals surface area contributed by atoms with Crippen LogP contribution in [0.3, 0.4) is 0 Å². The number of hydrogen-bond acceptors (Lipinski definition) is 4. The molecule has 0 radical (unpaired) electrons. The second kappa shape index (κ2) is 7.74. The zero-order valence-corrected chi connectivity index (χ0v) is 13.7. The number of aliphatic hydroxyl groups excluding tert-OH is 1. The van der Waals surface area contributed by atoms with Crippen LogP contribution in [0.1, 0.15) is 49.5 Å². The highest BCUT2D eigenvalue weighted by Gasteiger charge is 2.35. The van der Waals surface area contributed by atoms with Crippen LogP contribution in [-0.4, -0.2) is 58.1 Å². The van der Waals surface area contributed by atoms with Gasteiger partial charge in [0.25, 0.3) is 5.91 Å². The molecule has 22 heavy (non-hydrogen) atoms. The molecular formula is C16H27N3O3. The average Bonchev–Trinajstić information content (AvgIpc) is 2.90. The Kier molecular flexibility index (Phi) is 5.97. The smallest absolute Gasteiger partial charge is 0.274 e. The first-order valence-electron chi connectivity index (χ1n) is 8.10. The van der Waals surface area contributed by atoms with Gasteiger partial charge < -0.3 is 14.7 Å². The molecule has 1 aromatic heterocycles. The van der Waals surface area contributed by atoms with Crippen molar-refractivity contribution in [2.24, 2.45) is 0 Å². The van der Waals surface area contributed by atoms with Gasteiger partial charge in [0.05, 0.1) is 12.1 Å². The van der Waals surface area contributed by atoms with Crippen molar-refractivity contribution in [2.45, 2.75) is 63.8 Å². The topological polar surface area (TPSA) is 67.6 Å². The number of aliphatic hydroxyl groups is 1. The van der Waals surface area contributed by atoms with Gasteiger partial charge in [-0.05, 0) is 25.3 Å². The van der Waals surface area contributed by atoms with Gasteiger partial charge in [-0.15, -0.1) is 0 Å². The minimum atomic E-state index is -0.654. The fourth-order valence-corrected chi connectivity index (χ4v) is 3.13. The third-order valence-corrected chi connectivity index (χ3v) is 4.45. The second-order valence-electron chi connectivity index (χ2n) is 6.00. The van der Waals surface area contributed by atoms with Crippen LogP contribution in [0, 0.1) is 0 Å². The van der Waals surface area contributed by atoms with Crippen LogP contribution in [0.2, 0.25) is 0 Å². The number of aromatic nitrogens is 2. The second-order valence-corrected chi connectivity index (χ2v) is 6.00. The van der Waals surface area contributed by atoms with Gasteiger partial charge in [0.1, 0.15) is 11.8 Å². The summed E-state index contributed by atoms with van der Waals surface area (Å²) >= 11 is 0.